The van der Waals surface area contributed by atoms with Gasteiger partial charge in [-0.25, -0.2) is 9.97 Å². The first-order chi connectivity index (χ1) is 24.7. The van der Waals surface area contributed by atoms with Crippen LogP contribution in [0.25, 0.3) is 39.5 Å². The number of rotatable bonds is 8. The van der Waals surface area contributed by atoms with Gasteiger partial charge in [-0.3, -0.25) is 0 Å². The first-order valence-corrected chi connectivity index (χ1v) is 17.3. The molecule has 1 aromatic heterocycles. The second-order valence-electron chi connectivity index (χ2n) is 12.9. The molecular formula is C48H38N2. The molecule has 2 nitrogen and oxygen atoms in total. The van der Waals surface area contributed by atoms with E-state index >= 15 is 0 Å². The van der Waals surface area contributed by atoms with Gasteiger partial charge in [0.2, 0.25) is 0 Å². The lowest BCUT2D eigenvalue weighted by molar-refractivity contribution is 0.728. The van der Waals surface area contributed by atoms with Crippen LogP contribution in [0.5, 0.6) is 0 Å². The topological polar surface area (TPSA) is 25.8 Å². The van der Waals surface area contributed by atoms with Gasteiger partial charge in [0.25, 0.3) is 0 Å². The molecule has 0 spiro atoms. The van der Waals surface area contributed by atoms with Crippen molar-refractivity contribution in [3.8, 4) is 33.9 Å². The van der Waals surface area contributed by atoms with Gasteiger partial charge in [-0.05, 0) is 70.4 Å². The van der Waals surface area contributed by atoms with Gasteiger partial charge in [-0.15, -0.1) is 0 Å². The van der Waals surface area contributed by atoms with Gasteiger partial charge in [0.05, 0.1) is 16.8 Å². The number of nitrogens with zero attached hydrogens (tertiary/aromatic N) is 2. The van der Waals surface area contributed by atoms with E-state index in [2.05, 4.69) is 159 Å². The fourth-order valence-electron chi connectivity index (χ4n) is 7.87. The van der Waals surface area contributed by atoms with Gasteiger partial charge in [0.1, 0.15) is 0 Å². The lowest BCUT2D eigenvalue weighted by Gasteiger charge is -2.36. The van der Waals surface area contributed by atoms with Crippen LogP contribution in [0.4, 0.5) is 0 Å². The average Bonchev–Trinajstić information content (AvgIpc) is 3.46. The van der Waals surface area contributed by atoms with Crippen molar-refractivity contribution in [2.45, 2.75) is 25.2 Å². The summed E-state index contributed by atoms with van der Waals surface area (Å²) in [5, 5.41) is 0. The molecule has 2 heteroatoms. The highest BCUT2D eigenvalue weighted by atomic mass is 14.9. The Balaban J connectivity index is 1.27. The first-order valence-electron chi connectivity index (χ1n) is 17.3. The van der Waals surface area contributed by atoms with Crippen LogP contribution in [0.15, 0.2) is 205 Å². The molecule has 0 aliphatic heterocycles. The van der Waals surface area contributed by atoms with E-state index in [4.69, 9.17) is 9.97 Å². The molecule has 2 aliphatic rings. The first kappa shape index (κ1) is 31.2. The second-order valence-corrected chi connectivity index (χ2v) is 12.9. The Kier molecular flexibility index (Phi) is 8.36. The minimum atomic E-state index is -0.382. The SMILES string of the molecule is C=C/C=C(\C1=C(C)C(c2ccccc2)(c2ccccc2)C2=C1CCC=C2)c1ccc(-c2cc(-c3ccccc3)nc(-c3ccccc3)n2)cc1. The predicted octanol–water partition coefficient (Wildman–Crippen LogP) is 12.0. The van der Waals surface area contributed by atoms with E-state index in [1.54, 1.807) is 0 Å². The van der Waals surface area contributed by atoms with E-state index in [9.17, 15) is 0 Å². The van der Waals surface area contributed by atoms with Crippen molar-refractivity contribution in [3.05, 3.63) is 222 Å². The fraction of sp³-hybridized carbons (Fsp3) is 0.0833. The van der Waals surface area contributed by atoms with Gasteiger partial charge in [-0.1, -0.05) is 176 Å². The van der Waals surface area contributed by atoms with E-state index in [0.717, 1.165) is 46.5 Å². The standard InChI is InChI=1S/C48H38N2/c1-3-18-41(46-34(2)48(39-23-12-6-13-24-39,40-25-14-7-15-26-40)43-28-17-16-27-42(43)46)35-29-31-37(32-30-35)45-33-44(36-19-8-4-9-20-36)49-47(50-45)38-21-10-5-11-22-38/h3-15,17-26,28-33H,1,16,27H2,2H3/b41-18-. The van der Waals surface area contributed by atoms with Gasteiger partial charge < -0.3 is 0 Å². The molecule has 6 aromatic rings. The highest BCUT2D eigenvalue weighted by Crippen LogP contribution is 2.58. The van der Waals surface area contributed by atoms with Crippen molar-refractivity contribution in [1.82, 2.24) is 9.97 Å². The van der Waals surface area contributed by atoms with Crippen molar-refractivity contribution >= 4 is 5.57 Å². The van der Waals surface area contributed by atoms with E-state index in [-0.39, 0.29) is 5.41 Å². The predicted molar refractivity (Wildman–Crippen MR) is 208 cm³/mol. The summed E-state index contributed by atoms with van der Waals surface area (Å²) >= 11 is 0. The monoisotopic (exact) mass is 642 g/mol. The highest BCUT2D eigenvalue weighted by molar-refractivity contribution is 5.91. The molecule has 0 unspecified atom stereocenters. The number of hydrogen-bond acceptors (Lipinski definition) is 2. The van der Waals surface area contributed by atoms with Crippen LogP contribution in [-0.2, 0) is 5.41 Å². The summed E-state index contributed by atoms with van der Waals surface area (Å²) in [6, 6.07) is 53.5. The molecule has 240 valence electrons. The maximum absolute atomic E-state index is 5.07. The Morgan fingerprint density at radius 2 is 1.16 bits per heavy atom. The minimum absolute atomic E-state index is 0.382. The maximum Gasteiger partial charge on any atom is 0.160 e. The van der Waals surface area contributed by atoms with Crippen molar-refractivity contribution in [1.29, 1.82) is 0 Å². The molecule has 0 atom stereocenters. The van der Waals surface area contributed by atoms with Gasteiger partial charge in [-0.2, -0.15) is 0 Å². The molecule has 0 fully saturated rings. The third-order valence-electron chi connectivity index (χ3n) is 10.1. The van der Waals surface area contributed by atoms with Gasteiger partial charge in [0.15, 0.2) is 5.82 Å². The van der Waals surface area contributed by atoms with Crippen molar-refractivity contribution in [2.24, 2.45) is 0 Å². The highest BCUT2D eigenvalue weighted by Gasteiger charge is 2.47. The van der Waals surface area contributed by atoms with E-state index in [1.807, 2.05) is 30.3 Å². The lowest BCUT2D eigenvalue weighted by atomic mass is 9.66. The van der Waals surface area contributed by atoms with Crippen LogP contribution in [0, 0.1) is 0 Å². The summed E-state index contributed by atoms with van der Waals surface area (Å²) in [4.78, 5) is 10.1. The molecular weight excluding hydrogens is 605 g/mol. The van der Waals surface area contributed by atoms with Crippen LogP contribution >= 0.6 is 0 Å². The quantitative estimate of drug-likeness (QED) is 0.154. The van der Waals surface area contributed by atoms with Crippen LogP contribution in [0.2, 0.25) is 0 Å². The number of benzene rings is 5. The molecule has 8 rings (SSSR count). The summed E-state index contributed by atoms with van der Waals surface area (Å²) in [7, 11) is 0. The van der Waals surface area contributed by atoms with Crippen LogP contribution in [0.3, 0.4) is 0 Å². The molecule has 5 aromatic carbocycles. The van der Waals surface area contributed by atoms with Crippen LogP contribution in [0.1, 0.15) is 36.5 Å². The molecule has 50 heavy (non-hydrogen) atoms. The summed E-state index contributed by atoms with van der Waals surface area (Å²) in [6.45, 7) is 6.51. The maximum atomic E-state index is 5.07. The summed E-state index contributed by atoms with van der Waals surface area (Å²) in [5.74, 6) is 0.716. The Morgan fingerprint density at radius 1 is 0.640 bits per heavy atom. The van der Waals surface area contributed by atoms with E-state index in [0.29, 0.717) is 5.82 Å². The summed E-state index contributed by atoms with van der Waals surface area (Å²) in [5.41, 5.74) is 14.9. The number of hydrogen-bond donors (Lipinski definition) is 0. The molecule has 0 radical (unpaired) electrons. The molecule has 0 N–H and O–H groups in total. The molecule has 0 saturated heterocycles. The summed E-state index contributed by atoms with van der Waals surface area (Å²) in [6.07, 6.45) is 10.9. The molecule has 1 heterocycles. The molecule has 0 amide bonds. The average molecular weight is 643 g/mol. The Morgan fingerprint density at radius 3 is 1.72 bits per heavy atom. The Bertz CT molecular complexity index is 2190. The normalized spacial score (nSPS) is 15.3. The zero-order chi connectivity index (χ0) is 33.9. The molecule has 2 aliphatic carbocycles. The second kappa shape index (κ2) is 13.4. The van der Waals surface area contributed by atoms with Crippen LogP contribution < -0.4 is 0 Å². The Hall–Kier alpha value is -6.12. The van der Waals surface area contributed by atoms with E-state index in [1.165, 1.54) is 39.0 Å². The summed E-state index contributed by atoms with van der Waals surface area (Å²) < 4.78 is 0. The third-order valence-corrected chi connectivity index (χ3v) is 10.1. The van der Waals surface area contributed by atoms with Gasteiger partial charge >= 0.3 is 0 Å². The smallest absolute Gasteiger partial charge is 0.160 e. The lowest BCUT2D eigenvalue weighted by Crippen LogP contribution is -2.29. The van der Waals surface area contributed by atoms with Crippen molar-refractivity contribution < 1.29 is 0 Å². The fourth-order valence-corrected chi connectivity index (χ4v) is 7.87. The number of allylic oxidation sites excluding steroid dienone is 9. The van der Waals surface area contributed by atoms with Gasteiger partial charge in [0, 0.05) is 16.7 Å². The van der Waals surface area contributed by atoms with Crippen molar-refractivity contribution in [2.75, 3.05) is 0 Å². The third kappa shape index (κ3) is 5.40. The largest absolute Gasteiger partial charge is 0.228 e. The zero-order valence-corrected chi connectivity index (χ0v) is 28.3. The van der Waals surface area contributed by atoms with Crippen molar-refractivity contribution in [3.63, 3.8) is 0 Å². The molecule has 0 bridgehead atoms. The van der Waals surface area contributed by atoms with Crippen LogP contribution in [-0.4, -0.2) is 9.97 Å². The zero-order valence-electron chi connectivity index (χ0n) is 28.3. The van der Waals surface area contributed by atoms with E-state index < -0.39 is 0 Å². The molecule has 0 saturated carbocycles. The number of aromatic nitrogens is 2. The minimum Gasteiger partial charge on any atom is -0.228 e. The Labute approximate surface area is 295 Å².